The van der Waals surface area contributed by atoms with Gasteiger partial charge in [0.25, 0.3) is 15.9 Å². The van der Waals surface area contributed by atoms with E-state index < -0.39 is 15.9 Å². The normalized spacial score (nSPS) is 10.9. The van der Waals surface area contributed by atoms with E-state index in [1.54, 1.807) is 42.5 Å². The van der Waals surface area contributed by atoms with E-state index in [-0.39, 0.29) is 16.6 Å². The molecule has 0 heterocycles. The Balaban J connectivity index is 1.55. The number of ether oxygens (including phenoxy) is 1. The minimum atomic E-state index is -3.76. The van der Waals surface area contributed by atoms with Gasteiger partial charge in [0.15, 0.2) is 11.7 Å². The molecule has 1 amide bonds. The molecular weight excluding hydrogens is 494 g/mol. The average molecular weight is 518 g/mol. The van der Waals surface area contributed by atoms with E-state index in [1.165, 1.54) is 12.1 Å². The van der Waals surface area contributed by atoms with Gasteiger partial charge in [0.1, 0.15) is 5.75 Å². The minimum Gasteiger partial charge on any atom is -0.483 e. The Morgan fingerprint density at radius 1 is 0.941 bits per heavy atom. The van der Waals surface area contributed by atoms with Gasteiger partial charge in [-0.3, -0.25) is 14.8 Å². The molecule has 34 heavy (non-hydrogen) atoms. The van der Waals surface area contributed by atoms with Crippen molar-refractivity contribution in [3.05, 3.63) is 82.4 Å². The van der Waals surface area contributed by atoms with Gasteiger partial charge in [-0.1, -0.05) is 17.7 Å². The van der Waals surface area contributed by atoms with Crippen LogP contribution < -0.4 is 20.1 Å². The molecule has 0 saturated carbocycles. The van der Waals surface area contributed by atoms with Crippen LogP contribution in [-0.2, 0) is 14.8 Å². The van der Waals surface area contributed by atoms with E-state index in [9.17, 15) is 13.2 Å². The van der Waals surface area contributed by atoms with Crippen LogP contribution in [0.5, 0.6) is 5.75 Å². The highest BCUT2D eigenvalue weighted by Gasteiger charge is 2.15. The molecule has 0 aliphatic heterocycles. The number of amides is 1. The maximum Gasteiger partial charge on any atom is 0.264 e. The maximum absolute atomic E-state index is 12.7. The predicted octanol–water partition coefficient (Wildman–Crippen LogP) is 4.96. The highest BCUT2D eigenvalue weighted by molar-refractivity contribution is 7.92. The Bertz CT molecular complexity index is 1310. The fourth-order valence-corrected chi connectivity index (χ4v) is 4.71. The number of aryl methyl sites for hydroxylation is 3. The minimum absolute atomic E-state index is 0.0606. The molecule has 0 aliphatic rings. The van der Waals surface area contributed by atoms with Crippen molar-refractivity contribution in [3.63, 3.8) is 0 Å². The number of hydrogen-bond donors (Lipinski definition) is 3. The quantitative estimate of drug-likeness (QED) is 0.383. The summed E-state index contributed by atoms with van der Waals surface area (Å²) >= 11 is 11.1. The summed E-state index contributed by atoms with van der Waals surface area (Å²) in [5, 5.41) is 6.01. The average Bonchev–Trinajstić information content (AvgIpc) is 2.72. The number of carbonyl (C=O) groups is 1. The van der Waals surface area contributed by atoms with E-state index in [4.69, 9.17) is 28.6 Å². The van der Waals surface area contributed by atoms with Crippen LogP contribution >= 0.6 is 23.8 Å². The van der Waals surface area contributed by atoms with Crippen LogP contribution in [0.3, 0.4) is 0 Å². The number of benzene rings is 3. The van der Waals surface area contributed by atoms with Crippen LogP contribution in [0.2, 0.25) is 5.02 Å². The molecule has 0 saturated heterocycles. The van der Waals surface area contributed by atoms with Crippen LogP contribution in [0.25, 0.3) is 0 Å². The number of sulfonamides is 1. The molecule has 0 fully saturated rings. The first-order valence-corrected chi connectivity index (χ1v) is 12.5. The molecule has 0 atom stereocenters. The molecule has 0 unspecified atom stereocenters. The third kappa shape index (κ3) is 7.18. The summed E-state index contributed by atoms with van der Waals surface area (Å²) < 4.78 is 33.5. The van der Waals surface area contributed by atoms with Gasteiger partial charge in [0.2, 0.25) is 0 Å². The number of rotatable bonds is 7. The summed E-state index contributed by atoms with van der Waals surface area (Å²) in [6.07, 6.45) is 0. The zero-order chi connectivity index (χ0) is 24.9. The first-order valence-electron chi connectivity index (χ1n) is 10.2. The summed E-state index contributed by atoms with van der Waals surface area (Å²) in [5.74, 6) is 0.105. The Kier molecular flexibility index (Phi) is 8.14. The molecule has 3 N–H and O–H groups in total. The zero-order valence-electron chi connectivity index (χ0n) is 18.8. The number of halogens is 1. The number of thiocarbonyl (C=S) groups is 1. The lowest BCUT2D eigenvalue weighted by Gasteiger charge is -2.13. The van der Waals surface area contributed by atoms with Gasteiger partial charge >= 0.3 is 0 Å². The van der Waals surface area contributed by atoms with E-state index in [1.807, 2.05) is 26.8 Å². The van der Waals surface area contributed by atoms with E-state index in [2.05, 4.69) is 15.4 Å². The Hall–Kier alpha value is -3.14. The third-order valence-corrected chi connectivity index (χ3v) is 6.48. The first-order chi connectivity index (χ1) is 16.0. The van der Waals surface area contributed by atoms with Crippen molar-refractivity contribution in [1.29, 1.82) is 0 Å². The Morgan fingerprint density at radius 3 is 2.21 bits per heavy atom. The van der Waals surface area contributed by atoms with Crippen molar-refractivity contribution >= 4 is 56.2 Å². The molecular formula is C24H24ClN3O4S2. The van der Waals surface area contributed by atoms with Gasteiger partial charge in [0.05, 0.1) is 4.90 Å². The van der Waals surface area contributed by atoms with Crippen molar-refractivity contribution in [2.45, 2.75) is 25.7 Å². The SMILES string of the molecule is Cc1cc(C)cc(NS(=O)(=O)c2ccc(NC(=S)NC(=O)COc3ccc(Cl)cc3C)cc2)c1. The molecule has 0 aromatic heterocycles. The van der Waals surface area contributed by atoms with Crippen molar-refractivity contribution in [2.75, 3.05) is 16.6 Å². The molecule has 3 rings (SSSR count). The zero-order valence-corrected chi connectivity index (χ0v) is 21.2. The first kappa shape index (κ1) is 25.5. The number of carbonyl (C=O) groups excluding carboxylic acids is 1. The van der Waals surface area contributed by atoms with Gasteiger partial charge in [-0.15, -0.1) is 0 Å². The molecule has 3 aromatic carbocycles. The van der Waals surface area contributed by atoms with Crippen LogP contribution in [0.15, 0.2) is 65.6 Å². The van der Waals surface area contributed by atoms with Gasteiger partial charge in [-0.05, 0) is 104 Å². The maximum atomic E-state index is 12.7. The highest BCUT2D eigenvalue weighted by Crippen LogP contribution is 2.22. The summed E-state index contributed by atoms with van der Waals surface area (Å²) in [7, 11) is -3.76. The molecule has 10 heteroatoms. The lowest BCUT2D eigenvalue weighted by atomic mass is 10.1. The largest absolute Gasteiger partial charge is 0.483 e. The monoisotopic (exact) mass is 517 g/mol. The molecule has 0 spiro atoms. The summed E-state index contributed by atoms with van der Waals surface area (Å²) in [5.41, 5.74) is 3.75. The number of nitrogens with one attached hydrogen (secondary N) is 3. The molecule has 0 aliphatic carbocycles. The Morgan fingerprint density at radius 2 is 1.59 bits per heavy atom. The smallest absolute Gasteiger partial charge is 0.264 e. The van der Waals surface area contributed by atoms with Crippen LogP contribution in [-0.4, -0.2) is 26.0 Å². The lowest BCUT2D eigenvalue weighted by Crippen LogP contribution is -2.37. The highest BCUT2D eigenvalue weighted by atomic mass is 35.5. The predicted molar refractivity (Wildman–Crippen MR) is 139 cm³/mol. The summed E-state index contributed by atoms with van der Waals surface area (Å²) in [6.45, 7) is 5.40. The van der Waals surface area contributed by atoms with Crippen LogP contribution in [0.4, 0.5) is 11.4 Å². The van der Waals surface area contributed by atoms with E-state index in [0.717, 1.165) is 16.7 Å². The molecule has 7 nitrogen and oxygen atoms in total. The fraction of sp³-hybridized carbons (Fsp3) is 0.167. The van der Waals surface area contributed by atoms with Crippen LogP contribution in [0.1, 0.15) is 16.7 Å². The third-order valence-electron chi connectivity index (χ3n) is 4.65. The van der Waals surface area contributed by atoms with E-state index in [0.29, 0.717) is 22.1 Å². The van der Waals surface area contributed by atoms with Crippen LogP contribution in [0, 0.1) is 20.8 Å². The van der Waals surface area contributed by atoms with Gasteiger partial charge in [-0.2, -0.15) is 0 Å². The standard InChI is InChI=1S/C24H24ClN3O4S2/c1-15-10-16(2)12-20(11-15)28-34(30,31)21-7-5-19(6-8-21)26-24(33)27-23(29)14-32-22-9-4-18(25)13-17(22)3/h4-13,28H,14H2,1-3H3,(H2,26,27,29,33). The molecule has 3 aromatic rings. The molecule has 0 bridgehead atoms. The second-order valence-corrected chi connectivity index (χ2v) is 10.2. The van der Waals surface area contributed by atoms with Gasteiger partial charge in [-0.25, -0.2) is 8.42 Å². The van der Waals surface area contributed by atoms with Crippen molar-refractivity contribution in [1.82, 2.24) is 5.32 Å². The summed E-state index contributed by atoms with van der Waals surface area (Å²) in [6, 6.07) is 16.6. The van der Waals surface area contributed by atoms with Crippen molar-refractivity contribution in [3.8, 4) is 5.75 Å². The van der Waals surface area contributed by atoms with Gasteiger partial charge < -0.3 is 10.1 Å². The van der Waals surface area contributed by atoms with E-state index >= 15 is 0 Å². The molecule has 0 radical (unpaired) electrons. The van der Waals surface area contributed by atoms with Gasteiger partial charge in [0, 0.05) is 16.4 Å². The Labute approximate surface area is 209 Å². The second-order valence-electron chi connectivity index (χ2n) is 7.71. The molecule has 178 valence electrons. The fourth-order valence-electron chi connectivity index (χ4n) is 3.21. The number of anilines is 2. The van der Waals surface area contributed by atoms with Crippen molar-refractivity contribution < 1.29 is 17.9 Å². The number of hydrogen-bond acceptors (Lipinski definition) is 5. The topological polar surface area (TPSA) is 96.5 Å². The van der Waals surface area contributed by atoms with Crippen molar-refractivity contribution in [2.24, 2.45) is 0 Å². The summed E-state index contributed by atoms with van der Waals surface area (Å²) in [4.78, 5) is 12.2. The second kappa shape index (κ2) is 10.9. The lowest BCUT2D eigenvalue weighted by molar-refractivity contribution is -0.121.